The van der Waals surface area contributed by atoms with Crippen molar-refractivity contribution in [2.45, 2.75) is 59.8 Å². The van der Waals surface area contributed by atoms with Gasteiger partial charge in [0.2, 0.25) is 0 Å². The third-order valence-electron chi connectivity index (χ3n) is 6.56. The van der Waals surface area contributed by atoms with Gasteiger partial charge >= 0.3 is 0 Å². The Hall–Kier alpha value is -0.260. The zero-order chi connectivity index (χ0) is 12.2. The Morgan fingerprint density at radius 1 is 1.00 bits per heavy atom. The molecule has 0 saturated heterocycles. The quantitative estimate of drug-likeness (QED) is 0.584. The van der Waals surface area contributed by atoms with Crippen molar-refractivity contribution in [3.05, 3.63) is 11.6 Å². The van der Waals surface area contributed by atoms with E-state index >= 15 is 0 Å². The first kappa shape index (κ1) is 11.8. The van der Waals surface area contributed by atoms with Crippen LogP contribution in [0.3, 0.4) is 0 Å². The summed E-state index contributed by atoms with van der Waals surface area (Å²) >= 11 is 0. The molecule has 0 radical (unpaired) electrons. The molecule has 0 spiro atoms. The molecule has 0 atom stereocenters. The van der Waals surface area contributed by atoms with E-state index < -0.39 is 0 Å². The lowest BCUT2D eigenvalue weighted by Crippen LogP contribution is -2.55. The molecule has 0 aromatic rings. The average Bonchev–Trinajstić information content (AvgIpc) is 2.27. The molecular weight excluding hydrogens is 204 g/mol. The van der Waals surface area contributed by atoms with Gasteiger partial charge in [0.05, 0.1) is 0 Å². The minimum Gasteiger partial charge on any atom is -0.0881 e. The minimum atomic E-state index is 0.572. The van der Waals surface area contributed by atoms with Crippen LogP contribution in [0.1, 0.15) is 59.8 Å². The summed E-state index contributed by atoms with van der Waals surface area (Å²) < 4.78 is 0. The molecule has 0 heteroatoms. The lowest BCUT2D eigenvalue weighted by Gasteiger charge is -2.64. The van der Waals surface area contributed by atoms with Gasteiger partial charge in [-0.15, -0.1) is 0 Å². The highest BCUT2D eigenvalue weighted by atomic mass is 14.6. The SMILES string of the molecule is CC=C(C)C1(C(C)C)C2CC3CC(C2)CC1C3. The number of rotatable bonds is 2. The summed E-state index contributed by atoms with van der Waals surface area (Å²) in [6, 6.07) is 0. The van der Waals surface area contributed by atoms with E-state index in [9.17, 15) is 0 Å². The van der Waals surface area contributed by atoms with E-state index in [2.05, 4.69) is 33.8 Å². The number of allylic oxidation sites excluding steroid dienone is 2. The third-order valence-corrected chi connectivity index (χ3v) is 6.56. The first-order valence-corrected chi connectivity index (χ1v) is 7.72. The van der Waals surface area contributed by atoms with Crippen molar-refractivity contribution in [2.24, 2.45) is 35.0 Å². The lowest BCUT2D eigenvalue weighted by atomic mass is 9.41. The highest BCUT2D eigenvalue weighted by Gasteiger charge is 2.58. The van der Waals surface area contributed by atoms with Crippen LogP contribution in [-0.2, 0) is 0 Å². The van der Waals surface area contributed by atoms with Crippen LogP contribution in [0.25, 0.3) is 0 Å². The Morgan fingerprint density at radius 2 is 1.47 bits per heavy atom. The van der Waals surface area contributed by atoms with Crippen molar-refractivity contribution >= 4 is 0 Å². The summed E-state index contributed by atoms with van der Waals surface area (Å²) in [4.78, 5) is 0. The molecule has 4 bridgehead atoms. The summed E-state index contributed by atoms with van der Waals surface area (Å²) in [7, 11) is 0. The van der Waals surface area contributed by atoms with Gasteiger partial charge in [0, 0.05) is 0 Å². The molecule has 4 aliphatic rings. The molecule has 0 aliphatic heterocycles. The zero-order valence-electron chi connectivity index (χ0n) is 12.0. The fourth-order valence-corrected chi connectivity index (χ4v) is 6.26. The molecule has 0 aromatic carbocycles. The summed E-state index contributed by atoms with van der Waals surface area (Å²) in [6.07, 6.45) is 10.1. The van der Waals surface area contributed by atoms with Crippen molar-refractivity contribution in [1.29, 1.82) is 0 Å². The number of hydrogen-bond acceptors (Lipinski definition) is 0. The van der Waals surface area contributed by atoms with Crippen LogP contribution in [0.15, 0.2) is 11.6 Å². The van der Waals surface area contributed by atoms with E-state index in [-0.39, 0.29) is 0 Å². The Morgan fingerprint density at radius 3 is 1.82 bits per heavy atom. The van der Waals surface area contributed by atoms with Crippen LogP contribution in [0.2, 0.25) is 0 Å². The first-order valence-electron chi connectivity index (χ1n) is 7.72. The van der Waals surface area contributed by atoms with E-state index in [1.165, 1.54) is 25.7 Å². The summed E-state index contributed by atoms with van der Waals surface area (Å²) in [5, 5.41) is 0. The molecule has 0 N–H and O–H groups in total. The molecule has 0 unspecified atom stereocenters. The summed E-state index contributed by atoms with van der Waals surface area (Å²) in [5.41, 5.74) is 2.28. The van der Waals surface area contributed by atoms with Crippen molar-refractivity contribution < 1.29 is 0 Å². The Kier molecular flexibility index (Phi) is 2.69. The largest absolute Gasteiger partial charge is 0.0881 e. The van der Waals surface area contributed by atoms with Gasteiger partial charge < -0.3 is 0 Å². The van der Waals surface area contributed by atoms with Crippen molar-refractivity contribution in [1.82, 2.24) is 0 Å². The molecule has 4 fully saturated rings. The molecular formula is C17H28. The van der Waals surface area contributed by atoms with Crippen LogP contribution >= 0.6 is 0 Å². The second-order valence-electron chi connectivity index (χ2n) is 7.36. The van der Waals surface area contributed by atoms with E-state index in [1.807, 2.05) is 0 Å². The van der Waals surface area contributed by atoms with E-state index in [4.69, 9.17) is 0 Å². The molecule has 4 saturated carbocycles. The Labute approximate surface area is 107 Å². The van der Waals surface area contributed by atoms with Gasteiger partial charge in [-0.05, 0) is 81.0 Å². The molecule has 0 heterocycles. The second kappa shape index (κ2) is 3.87. The van der Waals surface area contributed by atoms with Gasteiger partial charge in [0.25, 0.3) is 0 Å². The molecule has 0 nitrogen and oxygen atoms in total. The van der Waals surface area contributed by atoms with Crippen LogP contribution in [0.4, 0.5) is 0 Å². The highest BCUT2D eigenvalue weighted by molar-refractivity contribution is 5.22. The maximum Gasteiger partial charge on any atom is -0.00112 e. The molecule has 17 heavy (non-hydrogen) atoms. The smallest absolute Gasteiger partial charge is 0.00112 e. The van der Waals surface area contributed by atoms with Gasteiger partial charge in [-0.3, -0.25) is 0 Å². The molecule has 0 aromatic heterocycles. The average molecular weight is 232 g/mol. The lowest BCUT2D eigenvalue weighted by molar-refractivity contribution is -0.111. The van der Waals surface area contributed by atoms with Crippen molar-refractivity contribution in [3.8, 4) is 0 Å². The predicted molar refractivity (Wildman–Crippen MR) is 73.7 cm³/mol. The van der Waals surface area contributed by atoms with Crippen LogP contribution in [-0.4, -0.2) is 0 Å². The van der Waals surface area contributed by atoms with Gasteiger partial charge in [-0.1, -0.05) is 25.5 Å². The van der Waals surface area contributed by atoms with Crippen LogP contribution < -0.4 is 0 Å². The number of hydrogen-bond donors (Lipinski definition) is 0. The van der Waals surface area contributed by atoms with Crippen LogP contribution in [0.5, 0.6) is 0 Å². The fraction of sp³-hybridized carbons (Fsp3) is 0.882. The molecule has 4 rings (SSSR count). The molecule has 0 amide bonds. The van der Waals surface area contributed by atoms with Gasteiger partial charge in [0.15, 0.2) is 0 Å². The monoisotopic (exact) mass is 232 g/mol. The molecule has 96 valence electrons. The van der Waals surface area contributed by atoms with Gasteiger partial charge in [0.1, 0.15) is 0 Å². The van der Waals surface area contributed by atoms with Crippen molar-refractivity contribution in [2.75, 3.05) is 0 Å². The third kappa shape index (κ3) is 1.42. The van der Waals surface area contributed by atoms with Gasteiger partial charge in [-0.25, -0.2) is 0 Å². The maximum atomic E-state index is 2.48. The highest BCUT2D eigenvalue weighted by Crippen LogP contribution is 2.67. The van der Waals surface area contributed by atoms with Gasteiger partial charge in [-0.2, -0.15) is 0 Å². The fourth-order valence-electron chi connectivity index (χ4n) is 6.26. The van der Waals surface area contributed by atoms with Crippen LogP contribution in [0, 0.1) is 35.0 Å². The standard InChI is InChI=1S/C17H28/c1-5-12(4)17(11(2)3)15-7-13-6-14(9-15)10-16(17)8-13/h5,11,13-16H,6-10H2,1-4H3. The maximum absolute atomic E-state index is 2.48. The first-order chi connectivity index (χ1) is 8.08. The zero-order valence-corrected chi connectivity index (χ0v) is 12.0. The topological polar surface area (TPSA) is 0 Å². The van der Waals surface area contributed by atoms with Crippen molar-refractivity contribution in [3.63, 3.8) is 0 Å². The summed E-state index contributed by atoms with van der Waals surface area (Å²) in [5.74, 6) is 5.03. The normalized spacial score (nSPS) is 49.1. The second-order valence-corrected chi connectivity index (χ2v) is 7.36. The van der Waals surface area contributed by atoms with E-state index in [0.29, 0.717) is 5.41 Å². The minimum absolute atomic E-state index is 0.572. The van der Waals surface area contributed by atoms with E-state index in [1.54, 1.807) is 12.0 Å². The van der Waals surface area contributed by atoms with E-state index in [0.717, 1.165) is 29.6 Å². The summed E-state index contributed by atoms with van der Waals surface area (Å²) in [6.45, 7) is 9.64. The molecule has 4 aliphatic carbocycles. The Bertz CT molecular complexity index is 306. The Balaban J connectivity index is 2.04. The predicted octanol–water partition coefficient (Wildman–Crippen LogP) is 5.05.